The van der Waals surface area contributed by atoms with Crippen molar-refractivity contribution in [3.05, 3.63) is 53.9 Å². The van der Waals surface area contributed by atoms with E-state index in [1.165, 1.54) is 0 Å². The highest BCUT2D eigenvalue weighted by Gasteiger charge is 2.09. The molecule has 0 bridgehead atoms. The van der Waals surface area contributed by atoms with Gasteiger partial charge in [-0.05, 0) is 18.2 Å². The first-order valence-corrected chi connectivity index (χ1v) is 4.62. The molecular formula is C13H6N3. The Balaban J connectivity index is 2.74. The predicted octanol–water partition coefficient (Wildman–Crippen LogP) is 2.29. The molecule has 0 N–H and O–H groups in total. The van der Waals surface area contributed by atoms with Crippen molar-refractivity contribution in [3.63, 3.8) is 0 Å². The van der Waals surface area contributed by atoms with Crippen molar-refractivity contribution in [2.75, 3.05) is 0 Å². The summed E-state index contributed by atoms with van der Waals surface area (Å²) in [5, 5.41) is 18.0. The first-order chi connectivity index (χ1) is 7.86. The van der Waals surface area contributed by atoms with Crippen molar-refractivity contribution in [3.8, 4) is 23.3 Å². The Hall–Kier alpha value is -2.65. The summed E-state index contributed by atoms with van der Waals surface area (Å²) in [6.07, 6.45) is 4.26. The Labute approximate surface area is 93.2 Å². The van der Waals surface area contributed by atoms with E-state index in [-0.39, 0.29) is 0 Å². The van der Waals surface area contributed by atoms with Crippen LogP contribution >= 0.6 is 0 Å². The molecule has 73 valence electrons. The molecule has 0 aliphatic heterocycles. The van der Waals surface area contributed by atoms with E-state index in [1.54, 1.807) is 36.5 Å². The summed E-state index contributed by atoms with van der Waals surface area (Å²) in [4.78, 5) is 3.87. The van der Waals surface area contributed by atoms with Crippen LogP contribution in [0.5, 0.6) is 0 Å². The molecule has 1 heterocycles. The molecule has 16 heavy (non-hydrogen) atoms. The number of rotatable bonds is 1. The van der Waals surface area contributed by atoms with Crippen molar-refractivity contribution in [2.45, 2.75) is 0 Å². The van der Waals surface area contributed by atoms with Gasteiger partial charge in [0.15, 0.2) is 0 Å². The molecule has 1 radical (unpaired) electrons. The maximum absolute atomic E-state index is 9.01. The first kappa shape index (κ1) is 9.89. The average Bonchev–Trinajstić information content (AvgIpc) is 2.38. The van der Waals surface area contributed by atoms with Gasteiger partial charge in [-0.25, -0.2) is 0 Å². The highest BCUT2D eigenvalue weighted by atomic mass is 14.6. The number of pyridine rings is 1. The Bertz CT molecular complexity index is 557. The highest BCUT2D eigenvalue weighted by Crippen LogP contribution is 2.26. The quantitative estimate of drug-likeness (QED) is 0.716. The SMILES string of the molecule is N#Cc1cccc(C#N)c1-c1cc[c]nc1. The van der Waals surface area contributed by atoms with Gasteiger partial charge < -0.3 is 0 Å². The van der Waals surface area contributed by atoms with Gasteiger partial charge in [-0.3, -0.25) is 4.98 Å². The lowest BCUT2D eigenvalue weighted by atomic mass is 9.97. The standard InChI is InChI=1S/C13H6N3/c14-7-10-3-1-4-11(8-15)13(10)12-5-2-6-16-9-12/h1-5,9H. The van der Waals surface area contributed by atoms with Crippen LogP contribution in [-0.4, -0.2) is 4.98 Å². The lowest BCUT2D eigenvalue weighted by Crippen LogP contribution is -1.89. The smallest absolute Gasteiger partial charge is 0.0998 e. The number of nitrogens with zero attached hydrogens (tertiary/aromatic N) is 3. The molecule has 0 spiro atoms. The van der Waals surface area contributed by atoms with Crippen LogP contribution in [0, 0.1) is 28.9 Å². The molecule has 1 aromatic heterocycles. The van der Waals surface area contributed by atoms with Crippen LogP contribution in [0.2, 0.25) is 0 Å². The van der Waals surface area contributed by atoms with E-state index in [0.717, 1.165) is 5.56 Å². The Kier molecular flexibility index (Phi) is 2.63. The molecule has 2 aromatic rings. The minimum Gasteiger partial charge on any atom is -0.254 e. The Morgan fingerprint density at radius 3 is 2.25 bits per heavy atom. The van der Waals surface area contributed by atoms with Gasteiger partial charge in [0.2, 0.25) is 0 Å². The average molecular weight is 204 g/mol. The molecule has 0 aliphatic carbocycles. The Morgan fingerprint density at radius 2 is 1.75 bits per heavy atom. The second-order valence-corrected chi connectivity index (χ2v) is 3.13. The first-order valence-electron chi connectivity index (χ1n) is 4.62. The van der Waals surface area contributed by atoms with Gasteiger partial charge in [0, 0.05) is 17.3 Å². The summed E-state index contributed by atoms with van der Waals surface area (Å²) in [6, 6.07) is 12.7. The van der Waals surface area contributed by atoms with Gasteiger partial charge in [-0.15, -0.1) is 0 Å². The topological polar surface area (TPSA) is 60.5 Å². The van der Waals surface area contributed by atoms with Crippen LogP contribution in [0.3, 0.4) is 0 Å². The maximum Gasteiger partial charge on any atom is 0.0998 e. The summed E-state index contributed by atoms with van der Waals surface area (Å²) in [6.45, 7) is 0. The van der Waals surface area contributed by atoms with Crippen LogP contribution in [0.25, 0.3) is 11.1 Å². The number of hydrogen-bond donors (Lipinski definition) is 0. The van der Waals surface area contributed by atoms with Crippen molar-refractivity contribution in [1.82, 2.24) is 4.98 Å². The van der Waals surface area contributed by atoms with Crippen LogP contribution in [0.4, 0.5) is 0 Å². The fourth-order valence-corrected chi connectivity index (χ4v) is 1.52. The second kappa shape index (κ2) is 4.25. The van der Waals surface area contributed by atoms with Crippen molar-refractivity contribution < 1.29 is 0 Å². The summed E-state index contributed by atoms with van der Waals surface area (Å²) in [7, 11) is 0. The monoisotopic (exact) mass is 204 g/mol. The molecule has 0 fully saturated rings. The second-order valence-electron chi connectivity index (χ2n) is 3.13. The molecule has 2 rings (SSSR count). The van der Waals surface area contributed by atoms with E-state index in [4.69, 9.17) is 10.5 Å². The van der Waals surface area contributed by atoms with Crippen molar-refractivity contribution in [2.24, 2.45) is 0 Å². The molecular weight excluding hydrogens is 198 g/mol. The van der Waals surface area contributed by atoms with E-state index in [0.29, 0.717) is 16.7 Å². The van der Waals surface area contributed by atoms with Gasteiger partial charge in [0.05, 0.1) is 29.5 Å². The largest absolute Gasteiger partial charge is 0.254 e. The maximum atomic E-state index is 9.01. The molecule has 3 heteroatoms. The molecule has 0 atom stereocenters. The number of nitriles is 2. The van der Waals surface area contributed by atoms with Gasteiger partial charge in [-0.1, -0.05) is 12.1 Å². The minimum atomic E-state index is 0.479. The summed E-state index contributed by atoms with van der Waals surface area (Å²) < 4.78 is 0. The van der Waals surface area contributed by atoms with Crippen LogP contribution in [-0.2, 0) is 0 Å². The molecule has 0 saturated heterocycles. The predicted molar refractivity (Wildman–Crippen MR) is 57.9 cm³/mol. The lowest BCUT2D eigenvalue weighted by molar-refractivity contribution is 1.31. The minimum absolute atomic E-state index is 0.479. The van der Waals surface area contributed by atoms with E-state index < -0.39 is 0 Å². The summed E-state index contributed by atoms with van der Waals surface area (Å²) in [5.41, 5.74) is 2.35. The van der Waals surface area contributed by atoms with Crippen molar-refractivity contribution >= 4 is 0 Å². The molecule has 1 aromatic carbocycles. The zero-order valence-corrected chi connectivity index (χ0v) is 8.31. The van der Waals surface area contributed by atoms with Gasteiger partial charge in [-0.2, -0.15) is 10.5 Å². The van der Waals surface area contributed by atoms with Crippen LogP contribution in [0.1, 0.15) is 11.1 Å². The third-order valence-electron chi connectivity index (χ3n) is 2.21. The number of benzene rings is 1. The fourth-order valence-electron chi connectivity index (χ4n) is 1.52. The van der Waals surface area contributed by atoms with Gasteiger partial charge in [0.1, 0.15) is 0 Å². The van der Waals surface area contributed by atoms with E-state index in [9.17, 15) is 0 Å². The molecule has 0 unspecified atom stereocenters. The summed E-state index contributed by atoms with van der Waals surface area (Å²) >= 11 is 0. The molecule has 0 amide bonds. The number of aromatic nitrogens is 1. The third kappa shape index (κ3) is 1.63. The summed E-state index contributed by atoms with van der Waals surface area (Å²) in [5.74, 6) is 0. The van der Waals surface area contributed by atoms with E-state index in [1.807, 2.05) is 0 Å². The fraction of sp³-hybridized carbons (Fsp3) is 0. The van der Waals surface area contributed by atoms with Gasteiger partial charge in [0.25, 0.3) is 0 Å². The van der Waals surface area contributed by atoms with Gasteiger partial charge >= 0.3 is 0 Å². The Morgan fingerprint density at radius 1 is 1.06 bits per heavy atom. The van der Waals surface area contributed by atoms with Crippen molar-refractivity contribution in [1.29, 1.82) is 10.5 Å². The van der Waals surface area contributed by atoms with E-state index >= 15 is 0 Å². The van der Waals surface area contributed by atoms with Crippen LogP contribution < -0.4 is 0 Å². The number of hydrogen-bond acceptors (Lipinski definition) is 3. The van der Waals surface area contributed by atoms with E-state index in [2.05, 4.69) is 23.3 Å². The molecule has 0 aliphatic rings. The highest BCUT2D eigenvalue weighted by molar-refractivity contribution is 5.75. The molecule has 0 saturated carbocycles. The third-order valence-corrected chi connectivity index (χ3v) is 2.21. The van der Waals surface area contributed by atoms with Crippen LogP contribution in [0.15, 0.2) is 36.5 Å². The zero-order chi connectivity index (χ0) is 11.4. The molecule has 3 nitrogen and oxygen atoms in total. The normalized spacial score (nSPS) is 9.12. The zero-order valence-electron chi connectivity index (χ0n) is 8.31. The lowest BCUT2D eigenvalue weighted by Gasteiger charge is -2.05.